The summed E-state index contributed by atoms with van der Waals surface area (Å²) in [6.45, 7) is 2.33. The quantitative estimate of drug-likeness (QED) is 0.897. The van der Waals surface area contributed by atoms with Gasteiger partial charge in [0.1, 0.15) is 6.10 Å². The summed E-state index contributed by atoms with van der Waals surface area (Å²) in [5.41, 5.74) is 1.42. The van der Waals surface area contributed by atoms with E-state index in [9.17, 15) is 4.79 Å². The second-order valence-electron chi connectivity index (χ2n) is 3.95. The first-order valence-corrected chi connectivity index (χ1v) is 5.76. The number of carbonyl (C=O) groups excluding carboxylic acids is 1. The van der Waals surface area contributed by atoms with Crippen molar-refractivity contribution in [2.24, 2.45) is 5.16 Å². The standard InChI is InChI=1S/C12H13ClN2O2/c1-8-6-9(17-15-8)7-14-12(16)10-4-2-3-5-11(10)13/h2-5,9H,6-7H2,1H3,(H,14,16). The molecule has 1 aromatic carbocycles. The molecule has 0 bridgehead atoms. The van der Waals surface area contributed by atoms with E-state index in [1.807, 2.05) is 6.92 Å². The monoisotopic (exact) mass is 252 g/mol. The van der Waals surface area contributed by atoms with E-state index in [1.165, 1.54) is 0 Å². The maximum Gasteiger partial charge on any atom is 0.252 e. The van der Waals surface area contributed by atoms with Crippen molar-refractivity contribution in [2.75, 3.05) is 6.54 Å². The molecule has 1 unspecified atom stereocenters. The third kappa shape index (κ3) is 2.97. The Morgan fingerprint density at radius 3 is 3.00 bits per heavy atom. The Hall–Kier alpha value is -1.55. The lowest BCUT2D eigenvalue weighted by Gasteiger charge is -2.10. The number of amides is 1. The van der Waals surface area contributed by atoms with Crippen LogP contribution >= 0.6 is 11.6 Å². The molecule has 1 aliphatic heterocycles. The molecule has 1 amide bonds. The number of benzene rings is 1. The first-order chi connectivity index (χ1) is 8.16. The first kappa shape index (κ1) is 11.9. The molecule has 0 fully saturated rings. The van der Waals surface area contributed by atoms with Crippen molar-refractivity contribution in [1.82, 2.24) is 5.32 Å². The number of carbonyl (C=O) groups is 1. The van der Waals surface area contributed by atoms with Crippen molar-refractivity contribution in [2.45, 2.75) is 19.4 Å². The molecule has 0 saturated carbocycles. The van der Waals surface area contributed by atoms with E-state index in [4.69, 9.17) is 16.4 Å². The number of hydrogen-bond donors (Lipinski definition) is 1. The highest BCUT2D eigenvalue weighted by Crippen LogP contribution is 2.15. The van der Waals surface area contributed by atoms with Gasteiger partial charge >= 0.3 is 0 Å². The fourth-order valence-electron chi connectivity index (χ4n) is 1.63. The summed E-state index contributed by atoms with van der Waals surface area (Å²) in [7, 11) is 0. The van der Waals surface area contributed by atoms with Gasteiger partial charge in [0.2, 0.25) is 0 Å². The summed E-state index contributed by atoms with van der Waals surface area (Å²) in [4.78, 5) is 16.9. The lowest BCUT2D eigenvalue weighted by Crippen LogP contribution is -2.32. The van der Waals surface area contributed by atoms with Crippen molar-refractivity contribution in [1.29, 1.82) is 0 Å². The molecular formula is C12H13ClN2O2. The van der Waals surface area contributed by atoms with Crippen molar-refractivity contribution in [3.8, 4) is 0 Å². The van der Waals surface area contributed by atoms with Crippen LogP contribution in [0.3, 0.4) is 0 Å². The van der Waals surface area contributed by atoms with Crippen LogP contribution in [0.2, 0.25) is 5.02 Å². The SMILES string of the molecule is CC1=NOC(CNC(=O)c2ccccc2Cl)C1. The highest BCUT2D eigenvalue weighted by molar-refractivity contribution is 6.33. The molecule has 1 aromatic rings. The summed E-state index contributed by atoms with van der Waals surface area (Å²) in [5.74, 6) is -0.191. The Morgan fingerprint density at radius 2 is 2.35 bits per heavy atom. The number of nitrogens with one attached hydrogen (secondary N) is 1. The van der Waals surface area contributed by atoms with Crippen molar-refractivity contribution < 1.29 is 9.63 Å². The van der Waals surface area contributed by atoms with E-state index in [-0.39, 0.29) is 12.0 Å². The number of nitrogens with zero attached hydrogens (tertiary/aromatic N) is 1. The zero-order valence-electron chi connectivity index (χ0n) is 9.44. The Balaban J connectivity index is 1.88. The average molecular weight is 253 g/mol. The minimum atomic E-state index is -0.191. The minimum Gasteiger partial charge on any atom is -0.390 e. The molecule has 0 radical (unpaired) electrons. The van der Waals surface area contributed by atoms with Crippen LogP contribution in [0.4, 0.5) is 0 Å². The van der Waals surface area contributed by atoms with Crippen molar-refractivity contribution in [3.63, 3.8) is 0 Å². The van der Waals surface area contributed by atoms with E-state index in [2.05, 4.69) is 10.5 Å². The van der Waals surface area contributed by atoms with E-state index in [0.29, 0.717) is 17.1 Å². The predicted octanol–water partition coefficient (Wildman–Crippen LogP) is 2.23. The largest absolute Gasteiger partial charge is 0.390 e. The topological polar surface area (TPSA) is 50.7 Å². The van der Waals surface area contributed by atoms with Crippen LogP contribution < -0.4 is 5.32 Å². The van der Waals surface area contributed by atoms with Gasteiger partial charge in [0.05, 0.1) is 22.8 Å². The summed E-state index contributed by atoms with van der Waals surface area (Å²) < 4.78 is 0. The molecule has 4 nitrogen and oxygen atoms in total. The lowest BCUT2D eigenvalue weighted by molar-refractivity contribution is 0.0753. The van der Waals surface area contributed by atoms with Crippen molar-refractivity contribution in [3.05, 3.63) is 34.9 Å². The zero-order valence-corrected chi connectivity index (χ0v) is 10.2. The van der Waals surface area contributed by atoms with E-state index in [0.717, 1.165) is 12.1 Å². The third-order valence-electron chi connectivity index (χ3n) is 2.49. The van der Waals surface area contributed by atoms with Gasteiger partial charge in [0.25, 0.3) is 5.91 Å². The van der Waals surface area contributed by atoms with Crippen LogP contribution in [0.25, 0.3) is 0 Å². The Kier molecular flexibility index (Phi) is 3.64. The van der Waals surface area contributed by atoms with Crippen LogP contribution in [0, 0.1) is 0 Å². The molecule has 5 heteroatoms. The summed E-state index contributed by atoms with van der Waals surface area (Å²) in [6.07, 6.45) is 0.685. The van der Waals surface area contributed by atoms with E-state index < -0.39 is 0 Å². The fraction of sp³-hybridized carbons (Fsp3) is 0.333. The van der Waals surface area contributed by atoms with Gasteiger partial charge in [-0.3, -0.25) is 4.79 Å². The maximum absolute atomic E-state index is 11.8. The Bertz CT molecular complexity index is 460. The summed E-state index contributed by atoms with van der Waals surface area (Å²) in [6, 6.07) is 6.95. The fourth-order valence-corrected chi connectivity index (χ4v) is 1.85. The molecule has 1 N–H and O–H groups in total. The normalized spacial score (nSPS) is 18.5. The van der Waals surface area contributed by atoms with Gasteiger partial charge in [0, 0.05) is 6.42 Å². The average Bonchev–Trinajstić information content (AvgIpc) is 2.73. The van der Waals surface area contributed by atoms with Gasteiger partial charge in [-0.1, -0.05) is 28.9 Å². The molecule has 1 aliphatic rings. The van der Waals surface area contributed by atoms with Gasteiger partial charge in [-0.25, -0.2) is 0 Å². The molecule has 17 heavy (non-hydrogen) atoms. The predicted molar refractivity (Wildman–Crippen MR) is 66.4 cm³/mol. The second kappa shape index (κ2) is 5.19. The number of halogens is 1. The Morgan fingerprint density at radius 1 is 1.59 bits per heavy atom. The van der Waals surface area contributed by atoms with Crippen LogP contribution in [0.5, 0.6) is 0 Å². The summed E-state index contributed by atoms with van der Waals surface area (Å²) >= 11 is 5.92. The van der Waals surface area contributed by atoms with Crippen LogP contribution in [-0.2, 0) is 4.84 Å². The van der Waals surface area contributed by atoms with E-state index in [1.54, 1.807) is 24.3 Å². The van der Waals surface area contributed by atoms with Gasteiger partial charge in [-0.15, -0.1) is 0 Å². The highest BCUT2D eigenvalue weighted by atomic mass is 35.5. The maximum atomic E-state index is 11.8. The molecule has 0 spiro atoms. The molecule has 2 rings (SSSR count). The molecule has 1 atom stereocenters. The van der Waals surface area contributed by atoms with E-state index >= 15 is 0 Å². The highest BCUT2D eigenvalue weighted by Gasteiger charge is 2.19. The Labute approximate surface area is 105 Å². The minimum absolute atomic E-state index is 0.0681. The van der Waals surface area contributed by atoms with Gasteiger partial charge < -0.3 is 10.2 Å². The van der Waals surface area contributed by atoms with Gasteiger partial charge in [-0.05, 0) is 19.1 Å². The molecule has 0 aromatic heterocycles. The van der Waals surface area contributed by atoms with Gasteiger partial charge in [0.15, 0.2) is 0 Å². The lowest BCUT2D eigenvalue weighted by atomic mass is 10.2. The summed E-state index contributed by atoms with van der Waals surface area (Å²) in [5, 5.41) is 7.05. The number of oxime groups is 1. The molecular weight excluding hydrogens is 240 g/mol. The smallest absolute Gasteiger partial charge is 0.252 e. The first-order valence-electron chi connectivity index (χ1n) is 5.39. The van der Waals surface area contributed by atoms with Crippen LogP contribution in [0.15, 0.2) is 29.4 Å². The zero-order chi connectivity index (χ0) is 12.3. The molecule has 0 aliphatic carbocycles. The third-order valence-corrected chi connectivity index (χ3v) is 2.82. The van der Waals surface area contributed by atoms with Crippen LogP contribution in [-0.4, -0.2) is 24.3 Å². The van der Waals surface area contributed by atoms with Crippen molar-refractivity contribution >= 4 is 23.2 Å². The molecule has 90 valence electrons. The molecule has 0 saturated heterocycles. The number of rotatable bonds is 3. The second-order valence-corrected chi connectivity index (χ2v) is 4.36. The van der Waals surface area contributed by atoms with Crippen LogP contribution in [0.1, 0.15) is 23.7 Å². The number of hydrogen-bond acceptors (Lipinski definition) is 3. The molecule has 1 heterocycles. The van der Waals surface area contributed by atoms with Gasteiger partial charge in [-0.2, -0.15) is 0 Å².